The SMILES string of the molecule is COC(=O)c1ccc2c(c1)nc(-c1cccc(N)c1N1CCc3ccccc31)n2CC(C)C. The monoisotopic (exact) mass is 440 g/mol. The maximum Gasteiger partial charge on any atom is 0.337 e. The summed E-state index contributed by atoms with van der Waals surface area (Å²) in [7, 11) is 1.39. The van der Waals surface area contributed by atoms with E-state index in [2.05, 4.69) is 53.6 Å². The number of fused-ring (bicyclic) bond motifs is 2. The second-order valence-corrected chi connectivity index (χ2v) is 8.91. The Morgan fingerprint density at radius 1 is 1.12 bits per heavy atom. The summed E-state index contributed by atoms with van der Waals surface area (Å²) in [4.78, 5) is 19.4. The number of hydrogen-bond donors (Lipinski definition) is 1. The van der Waals surface area contributed by atoms with Gasteiger partial charge < -0.3 is 19.9 Å². The molecule has 0 bridgehead atoms. The van der Waals surface area contributed by atoms with Gasteiger partial charge in [0.25, 0.3) is 0 Å². The number of rotatable bonds is 5. The van der Waals surface area contributed by atoms with Crippen molar-refractivity contribution in [3.05, 3.63) is 71.8 Å². The first-order chi connectivity index (χ1) is 16.0. The van der Waals surface area contributed by atoms with E-state index in [4.69, 9.17) is 15.5 Å². The van der Waals surface area contributed by atoms with Crippen LogP contribution < -0.4 is 10.6 Å². The molecule has 1 aliphatic rings. The molecular formula is C27H28N4O2. The fraction of sp³-hybridized carbons (Fsp3) is 0.259. The third kappa shape index (κ3) is 3.61. The van der Waals surface area contributed by atoms with Gasteiger partial charge in [-0.25, -0.2) is 9.78 Å². The van der Waals surface area contributed by atoms with E-state index in [0.717, 1.165) is 53.3 Å². The zero-order chi connectivity index (χ0) is 23.1. The number of carbonyl (C=O) groups is 1. The number of aromatic nitrogens is 2. The molecule has 0 atom stereocenters. The Morgan fingerprint density at radius 3 is 2.73 bits per heavy atom. The van der Waals surface area contributed by atoms with Crippen molar-refractivity contribution in [2.45, 2.75) is 26.8 Å². The number of benzene rings is 3. The minimum atomic E-state index is -0.366. The summed E-state index contributed by atoms with van der Waals surface area (Å²) in [5.41, 5.74) is 14.0. The van der Waals surface area contributed by atoms with Crippen molar-refractivity contribution in [3.8, 4) is 11.4 Å². The number of carbonyl (C=O) groups excluding carboxylic acids is 1. The molecule has 0 fully saturated rings. The van der Waals surface area contributed by atoms with Crippen molar-refractivity contribution in [1.29, 1.82) is 0 Å². The second-order valence-electron chi connectivity index (χ2n) is 8.91. The van der Waals surface area contributed by atoms with Gasteiger partial charge in [-0.05, 0) is 54.3 Å². The number of nitrogens with two attached hydrogens (primary N) is 1. The van der Waals surface area contributed by atoms with Crippen LogP contribution in [0.1, 0.15) is 29.8 Å². The largest absolute Gasteiger partial charge is 0.465 e. The lowest BCUT2D eigenvalue weighted by atomic mass is 10.1. The summed E-state index contributed by atoms with van der Waals surface area (Å²) in [5.74, 6) is 0.904. The third-order valence-corrected chi connectivity index (χ3v) is 6.18. The average Bonchev–Trinajstić information content (AvgIpc) is 3.39. The summed E-state index contributed by atoms with van der Waals surface area (Å²) in [6.07, 6.45) is 0.981. The number of anilines is 3. The first kappa shape index (κ1) is 21.1. The average molecular weight is 441 g/mol. The Kier molecular flexibility index (Phi) is 5.29. The van der Waals surface area contributed by atoms with Gasteiger partial charge in [-0.1, -0.05) is 38.1 Å². The van der Waals surface area contributed by atoms with Crippen LogP contribution in [-0.4, -0.2) is 29.2 Å². The molecule has 0 saturated carbocycles. The molecule has 6 nitrogen and oxygen atoms in total. The number of esters is 1. The fourth-order valence-corrected chi connectivity index (χ4v) is 4.74. The summed E-state index contributed by atoms with van der Waals surface area (Å²) in [6.45, 7) is 6.05. The van der Waals surface area contributed by atoms with Gasteiger partial charge >= 0.3 is 5.97 Å². The Hall–Kier alpha value is -3.80. The van der Waals surface area contributed by atoms with Crippen molar-refractivity contribution >= 4 is 34.1 Å². The van der Waals surface area contributed by atoms with E-state index in [-0.39, 0.29) is 5.97 Å². The van der Waals surface area contributed by atoms with Gasteiger partial charge in [0.2, 0.25) is 0 Å². The summed E-state index contributed by atoms with van der Waals surface area (Å²) in [6, 6.07) is 20.1. The quantitative estimate of drug-likeness (QED) is 0.331. The molecular weight excluding hydrogens is 412 g/mol. The van der Waals surface area contributed by atoms with Crippen molar-refractivity contribution < 1.29 is 9.53 Å². The van der Waals surface area contributed by atoms with Crippen LogP contribution in [0.3, 0.4) is 0 Å². The maximum atomic E-state index is 12.1. The normalized spacial score (nSPS) is 13.0. The molecule has 0 amide bonds. The Morgan fingerprint density at radius 2 is 1.94 bits per heavy atom. The summed E-state index contributed by atoms with van der Waals surface area (Å²) < 4.78 is 7.15. The van der Waals surface area contributed by atoms with Crippen LogP contribution in [0.4, 0.5) is 17.1 Å². The molecule has 3 aromatic carbocycles. The van der Waals surface area contributed by atoms with E-state index in [9.17, 15) is 4.79 Å². The molecule has 1 aromatic heterocycles. The first-order valence-electron chi connectivity index (χ1n) is 11.3. The Bertz CT molecular complexity index is 1360. The van der Waals surface area contributed by atoms with Crippen molar-refractivity contribution in [1.82, 2.24) is 9.55 Å². The fourth-order valence-electron chi connectivity index (χ4n) is 4.74. The Balaban J connectivity index is 1.73. The van der Waals surface area contributed by atoms with E-state index in [1.54, 1.807) is 12.1 Å². The lowest BCUT2D eigenvalue weighted by molar-refractivity contribution is 0.0601. The van der Waals surface area contributed by atoms with Gasteiger partial charge in [0.15, 0.2) is 0 Å². The van der Waals surface area contributed by atoms with Crippen molar-refractivity contribution in [2.75, 3.05) is 24.3 Å². The lowest BCUT2D eigenvalue weighted by Gasteiger charge is -2.25. The molecule has 33 heavy (non-hydrogen) atoms. The van der Waals surface area contributed by atoms with Gasteiger partial charge in [-0.2, -0.15) is 0 Å². The number of nitrogen functional groups attached to an aromatic ring is 1. The number of nitrogens with zero attached hydrogens (tertiary/aromatic N) is 3. The summed E-state index contributed by atoms with van der Waals surface area (Å²) >= 11 is 0. The smallest absolute Gasteiger partial charge is 0.337 e. The molecule has 0 saturated heterocycles. The van der Waals surface area contributed by atoms with E-state index >= 15 is 0 Å². The van der Waals surface area contributed by atoms with Gasteiger partial charge in [-0.3, -0.25) is 0 Å². The highest BCUT2D eigenvalue weighted by atomic mass is 16.5. The van der Waals surface area contributed by atoms with E-state index in [0.29, 0.717) is 11.5 Å². The molecule has 6 heteroatoms. The van der Waals surface area contributed by atoms with Crippen LogP contribution in [-0.2, 0) is 17.7 Å². The maximum absolute atomic E-state index is 12.1. The van der Waals surface area contributed by atoms with Gasteiger partial charge in [-0.15, -0.1) is 0 Å². The minimum absolute atomic E-state index is 0.366. The van der Waals surface area contributed by atoms with E-state index < -0.39 is 0 Å². The number of para-hydroxylation sites is 2. The van der Waals surface area contributed by atoms with Crippen LogP contribution in [0.25, 0.3) is 22.4 Å². The third-order valence-electron chi connectivity index (χ3n) is 6.18. The standard InChI is InChI=1S/C27H28N4O2/c1-17(2)16-31-24-12-11-19(27(32)33-3)15-22(24)29-26(31)20-8-6-9-21(28)25(20)30-14-13-18-7-4-5-10-23(18)30/h4-12,15,17H,13-14,16,28H2,1-3H3. The highest BCUT2D eigenvalue weighted by Crippen LogP contribution is 2.43. The summed E-state index contributed by atoms with van der Waals surface area (Å²) in [5, 5.41) is 0. The van der Waals surface area contributed by atoms with Crippen LogP contribution in [0.2, 0.25) is 0 Å². The molecule has 2 heterocycles. The van der Waals surface area contributed by atoms with Crippen LogP contribution in [0, 0.1) is 5.92 Å². The first-order valence-corrected chi connectivity index (χ1v) is 11.3. The molecule has 0 unspecified atom stereocenters. The van der Waals surface area contributed by atoms with E-state index in [1.165, 1.54) is 18.4 Å². The molecule has 0 aliphatic carbocycles. The lowest BCUT2D eigenvalue weighted by Crippen LogP contribution is -2.17. The molecule has 4 aromatic rings. The predicted octanol–water partition coefficient (Wildman–Crippen LogP) is 5.42. The topological polar surface area (TPSA) is 73.4 Å². The minimum Gasteiger partial charge on any atom is -0.465 e. The van der Waals surface area contributed by atoms with Gasteiger partial charge in [0.1, 0.15) is 5.82 Å². The molecule has 0 spiro atoms. The number of imidazole rings is 1. The molecule has 5 rings (SSSR count). The number of hydrogen-bond acceptors (Lipinski definition) is 5. The molecule has 0 radical (unpaired) electrons. The second kappa shape index (κ2) is 8.28. The molecule has 2 N–H and O–H groups in total. The van der Waals surface area contributed by atoms with Gasteiger partial charge in [0, 0.05) is 24.3 Å². The highest BCUT2D eigenvalue weighted by Gasteiger charge is 2.26. The zero-order valence-corrected chi connectivity index (χ0v) is 19.2. The van der Waals surface area contributed by atoms with Crippen LogP contribution >= 0.6 is 0 Å². The molecule has 168 valence electrons. The van der Waals surface area contributed by atoms with E-state index in [1.807, 2.05) is 18.2 Å². The van der Waals surface area contributed by atoms with Crippen molar-refractivity contribution in [3.63, 3.8) is 0 Å². The zero-order valence-electron chi connectivity index (χ0n) is 19.2. The van der Waals surface area contributed by atoms with Gasteiger partial charge in [0.05, 0.1) is 35.1 Å². The van der Waals surface area contributed by atoms with Crippen molar-refractivity contribution in [2.24, 2.45) is 5.92 Å². The highest BCUT2D eigenvalue weighted by molar-refractivity contribution is 5.96. The number of ether oxygens (including phenoxy) is 1. The predicted molar refractivity (Wildman–Crippen MR) is 133 cm³/mol. The van der Waals surface area contributed by atoms with Crippen LogP contribution in [0.5, 0.6) is 0 Å². The molecule has 1 aliphatic heterocycles. The Labute approximate surface area is 193 Å². The van der Waals surface area contributed by atoms with Crippen LogP contribution in [0.15, 0.2) is 60.7 Å². The number of methoxy groups -OCH3 is 1.